The Kier molecular flexibility index (Phi) is 4.22. The normalized spacial score (nSPS) is 11.4. The molecule has 0 radical (unpaired) electrons. The second kappa shape index (κ2) is 5.63. The number of aromatic nitrogens is 2. The number of nitrogens with zero attached hydrogens (tertiary/aromatic N) is 2. The molecule has 9 heteroatoms. The van der Waals surface area contributed by atoms with E-state index in [-0.39, 0.29) is 15.0 Å². The molecule has 0 amide bonds. The lowest BCUT2D eigenvalue weighted by molar-refractivity contribution is 0.582. The Labute approximate surface area is 133 Å². The van der Waals surface area contributed by atoms with Gasteiger partial charge in [-0.05, 0) is 18.6 Å². The van der Waals surface area contributed by atoms with Gasteiger partial charge in [0, 0.05) is 12.6 Å². The summed E-state index contributed by atoms with van der Waals surface area (Å²) in [4.78, 5) is 0.113. The number of anilines is 1. The van der Waals surface area contributed by atoms with Gasteiger partial charge in [-0.3, -0.25) is 9.40 Å². The Balaban J connectivity index is 2.53. The highest BCUT2D eigenvalue weighted by Gasteiger charge is 2.24. The molecular weight excluding hydrogens is 332 g/mol. The van der Waals surface area contributed by atoms with E-state index in [1.807, 2.05) is 0 Å². The molecule has 21 heavy (non-hydrogen) atoms. The molecule has 0 saturated heterocycles. The molecule has 2 aromatic rings. The summed E-state index contributed by atoms with van der Waals surface area (Å²) in [6.45, 7) is 1.79. The maximum Gasteiger partial charge on any atom is 0.280 e. The third kappa shape index (κ3) is 3.02. The number of aryl methyl sites for hydroxylation is 2. The Bertz CT molecular complexity index is 795. The second-order valence-corrected chi connectivity index (χ2v) is 6.83. The number of nitrogens with one attached hydrogen (secondary N) is 1. The number of sulfonamides is 1. The molecule has 3 N–H and O–H groups in total. The summed E-state index contributed by atoms with van der Waals surface area (Å²) < 4.78 is 28.5. The van der Waals surface area contributed by atoms with Gasteiger partial charge in [-0.1, -0.05) is 36.0 Å². The minimum atomic E-state index is -3.90. The van der Waals surface area contributed by atoms with Gasteiger partial charge in [-0.25, -0.2) is 0 Å². The molecule has 2 rings (SSSR count). The van der Waals surface area contributed by atoms with Crippen LogP contribution in [0.4, 0.5) is 5.69 Å². The van der Waals surface area contributed by atoms with Crippen molar-refractivity contribution in [3.05, 3.63) is 40.5 Å². The average molecular weight is 345 g/mol. The van der Waals surface area contributed by atoms with Crippen LogP contribution in [-0.4, -0.2) is 23.2 Å². The van der Waals surface area contributed by atoms with Crippen molar-refractivity contribution in [1.29, 1.82) is 0 Å². The molecule has 1 heterocycles. The van der Waals surface area contributed by atoms with Gasteiger partial charge >= 0.3 is 0 Å². The SMILES string of the molecule is Cc1cccc(NS(=O)(=O)c2c(Cl)cnn2C)c1C(N)=S. The van der Waals surface area contributed by atoms with Crippen LogP contribution < -0.4 is 10.5 Å². The van der Waals surface area contributed by atoms with E-state index in [9.17, 15) is 8.42 Å². The fourth-order valence-electron chi connectivity index (χ4n) is 1.97. The summed E-state index contributed by atoms with van der Waals surface area (Å²) >= 11 is 10.9. The van der Waals surface area contributed by atoms with Gasteiger partial charge in [-0.15, -0.1) is 0 Å². The largest absolute Gasteiger partial charge is 0.389 e. The van der Waals surface area contributed by atoms with E-state index >= 15 is 0 Å². The van der Waals surface area contributed by atoms with Crippen molar-refractivity contribution in [2.75, 3.05) is 4.72 Å². The Morgan fingerprint density at radius 2 is 2.14 bits per heavy atom. The topological polar surface area (TPSA) is 90.0 Å². The number of nitrogens with two attached hydrogens (primary N) is 1. The molecule has 0 spiro atoms. The molecule has 1 aromatic heterocycles. The average Bonchev–Trinajstić information content (AvgIpc) is 2.68. The lowest BCUT2D eigenvalue weighted by Gasteiger charge is -2.14. The van der Waals surface area contributed by atoms with Gasteiger partial charge in [0.2, 0.25) is 0 Å². The molecule has 0 fully saturated rings. The first kappa shape index (κ1) is 15.7. The first-order valence-corrected chi connectivity index (χ1v) is 8.10. The highest BCUT2D eigenvalue weighted by atomic mass is 35.5. The van der Waals surface area contributed by atoms with Crippen molar-refractivity contribution in [1.82, 2.24) is 9.78 Å². The molecule has 0 saturated carbocycles. The zero-order chi connectivity index (χ0) is 15.8. The standard InChI is InChI=1S/C12H13ClN4O2S2/c1-7-4-3-5-9(10(7)11(14)20)16-21(18,19)12-8(13)6-15-17(12)2/h3-6,16H,1-2H3,(H2,14,20). The molecular formula is C12H13ClN4O2S2. The highest BCUT2D eigenvalue weighted by Crippen LogP contribution is 2.26. The van der Waals surface area contributed by atoms with Crippen LogP contribution in [-0.2, 0) is 17.1 Å². The van der Waals surface area contributed by atoms with E-state index in [4.69, 9.17) is 29.6 Å². The fourth-order valence-corrected chi connectivity index (χ4v) is 3.98. The maximum atomic E-state index is 12.4. The molecule has 0 aliphatic carbocycles. The van der Waals surface area contributed by atoms with Crippen LogP contribution in [0, 0.1) is 6.92 Å². The third-order valence-corrected chi connectivity index (χ3v) is 4.94. The number of hydrogen-bond acceptors (Lipinski definition) is 4. The predicted molar refractivity (Wildman–Crippen MR) is 86.1 cm³/mol. The molecule has 112 valence electrons. The first-order valence-electron chi connectivity index (χ1n) is 5.84. The molecule has 0 bridgehead atoms. The van der Waals surface area contributed by atoms with Crippen LogP contribution in [0.1, 0.15) is 11.1 Å². The van der Waals surface area contributed by atoms with Crippen molar-refractivity contribution in [3.8, 4) is 0 Å². The van der Waals surface area contributed by atoms with Crippen molar-refractivity contribution in [2.24, 2.45) is 12.8 Å². The van der Waals surface area contributed by atoms with Gasteiger partial charge < -0.3 is 5.73 Å². The van der Waals surface area contributed by atoms with Gasteiger partial charge in [0.1, 0.15) is 4.99 Å². The minimum Gasteiger partial charge on any atom is -0.389 e. The molecule has 0 atom stereocenters. The molecule has 0 unspecified atom stereocenters. The molecule has 0 aliphatic rings. The number of benzene rings is 1. The van der Waals surface area contributed by atoms with Gasteiger partial charge in [-0.2, -0.15) is 13.5 Å². The third-order valence-electron chi connectivity index (χ3n) is 2.86. The van der Waals surface area contributed by atoms with Crippen LogP contribution in [0.25, 0.3) is 0 Å². The summed E-state index contributed by atoms with van der Waals surface area (Å²) in [6.07, 6.45) is 1.26. The predicted octanol–water partition coefficient (Wildman–Crippen LogP) is 1.82. The van der Waals surface area contributed by atoms with Crippen LogP contribution in [0.3, 0.4) is 0 Å². The van der Waals surface area contributed by atoms with E-state index in [0.717, 1.165) is 5.56 Å². The number of thiocarbonyl (C=S) groups is 1. The zero-order valence-electron chi connectivity index (χ0n) is 11.3. The van der Waals surface area contributed by atoms with Crippen LogP contribution in [0.15, 0.2) is 29.4 Å². The summed E-state index contributed by atoms with van der Waals surface area (Å²) in [5.41, 5.74) is 7.23. The number of halogens is 1. The van der Waals surface area contributed by atoms with E-state index in [2.05, 4.69) is 9.82 Å². The maximum absolute atomic E-state index is 12.4. The van der Waals surface area contributed by atoms with Crippen LogP contribution in [0.2, 0.25) is 5.02 Å². The fraction of sp³-hybridized carbons (Fsp3) is 0.167. The Hall–Kier alpha value is -1.64. The quantitative estimate of drug-likeness (QED) is 0.826. The summed E-state index contributed by atoms with van der Waals surface area (Å²) in [5, 5.41) is 3.73. The zero-order valence-corrected chi connectivity index (χ0v) is 13.7. The van der Waals surface area contributed by atoms with Gasteiger partial charge in [0.05, 0.1) is 16.9 Å². The lowest BCUT2D eigenvalue weighted by Crippen LogP contribution is -2.21. The van der Waals surface area contributed by atoms with Gasteiger partial charge in [0.25, 0.3) is 10.0 Å². The van der Waals surface area contributed by atoms with Crippen LogP contribution >= 0.6 is 23.8 Å². The van der Waals surface area contributed by atoms with Crippen molar-refractivity contribution in [3.63, 3.8) is 0 Å². The second-order valence-electron chi connectivity index (χ2n) is 4.39. The van der Waals surface area contributed by atoms with Crippen molar-refractivity contribution >= 4 is 44.5 Å². The summed E-state index contributed by atoms with van der Waals surface area (Å²) in [5.74, 6) is 0. The van der Waals surface area contributed by atoms with Crippen molar-refractivity contribution < 1.29 is 8.42 Å². The number of hydrogen-bond donors (Lipinski definition) is 2. The van der Waals surface area contributed by atoms with E-state index in [0.29, 0.717) is 11.3 Å². The van der Waals surface area contributed by atoms with Gasteiger partial charge in [0.15, 0.2) is 5.03 Å². The minimum absolute atomic E-state index is 0.0366. The number of rotatable bonds is 4. The molecule has 6 nitrogen and oxygen atoms in total. The Morgan fingerprint density at radius 1 is 1.48 bits per heavy atom. The Morgan fingerprint density at radius 3 is 2.67 bits per heavy atom. The van der Waals surface area contributed by atoms with E-state index in [1.54, 1.807) is 25.1 Å². The highest BCUT2D eigenvalue weighted by molar-refractivity contribution is 7.92. The van der Waals surface area contributed by atoms with E-state index in [1.165, 1.54) is 17.9 Å². The molecule has 0 aliphatic heterocycles. The summed E-state index contributed by atoms with van der Waals surface area (Å²) in [7, 11) is -2.41. The van der Waals surface area contributed by atoms with Crippen molar-refractivity contribution in [2.45, 2.75) is 11.9 Å². The first-order chi connectivity index (χ1) is 9.74. The smallest absolute Gasteiger partial charge is 0.280 e. The lowest BCUT2D eigenvalue weighted by atomic mass is 10.1. The van der Waals surface area contributed by atoms with Crippen LogP contribution in [0.5, 0.6) is 0 Å². The monoisotopic (exact) mass is 344 g/mol. The summed E-state index contributed by atoms with van der Waals surface area (Å²) in [6, 6.07) is 5.09. The van der Waals surface area contributed by atoms with E-state index < -0.39 is 10.0 Å². The molecule has 1 aromatic carbocycles.